The van der Waals surface area contributed by atoms with Crippen molar-refractivity contribution >= 4 is 29.1 Å². The third kappa shape index (κ3) is 5.81. The van der Waals surface area contributed by atoms with E-state index < -0.39 is 18.0 Å². The summed E-state index contributed by atoms with van der Waals surface area (Å²) in [6.45, 7) is 1.78. The zero-order valence-electron chi connectivity index (χ0n) is 14.9. The first kappa shape index (κ1) is 21.4. The number of aliphatic hydroxyl groups is 1. The molecule has 0 radical (unpaired) electrons. The van der Waals surface area contributed by atoms with Gasteiger partial charge in [-0.3, -0.25) is 10.1 Å². The molecule has 0 aliphatic rings. The third-order valence-corrected chi connectivity index (χ3v) is 4.70. The summed E-state index contributed by atoms with van der Waals surface area (Å²) in [5.74, 6) is -0.294. The molecular formula is C19H21Cl2FN2O3. The van der Waals surface area contributed by atoms with Crippen LogP contribution < -0.4 is 15.4 Å². The summed E-state index contributed by atoms with van der Waals surface area (Å²) < 4.78 is 19.4. The fraction of sp³-hybridized carbons (Fsp3) is 0.316. The Bertz CT molecular complexity index is 782. The molecule has 2 unspecified atom stereocenters. The van der Waals surface area contributed by atoms with Gasteiger partial charge in [-0.25, -0.2) is 4.39 Å². The molecule has 2 rings (SSSR count). The molecule has 0 heterocycles. The number of halogens is 3. The molecule has 3 N–H and O–H groups in total. The van der Waals surface area contributed by atoms with Gasteiger partial charge >= 0.3 is 0 Å². The standard InChI is InChI=1S/C19H21Cl2FN2O3/c1-11(25)18(19(26)23-2)24-9-12-6-7-13(8-16(12)21)27-10-14-15(20)4-3-5-17(14)22/h3-8,11,18,24-25H,9-10H2,1-2H3,(H,23,26). The highest BCUT2D eigenvalue weighted by molar-refractivity contribution is 6.31. The van der Waals surface area contributed by atoms with Crippen molar-refractivity contribution in [3.63, 3.8) is 0 Å². The van der Waals surface area contributed by atoms with Crippen molar-refractivity contribution in [2.24, 2.45) is 0 Å². The van der Waals surface area contributed by atoms with Crippen molar-refractivity contribution in [1.82, 2.24) is 10.6 Å². The summed E-state index contributed by atoms with van der Waals surface area (Å²) in [6.07, 6.45) is -0.864. The molecule has 2 aromatic carbocycles. The van der Waals surface area contributed by atoms with Gasteiger partial charge in [0.2, 0.25) is 5.91 Å². The maximum Gasteiger partial charge on any atom is 0.239 e. The highest BCUT2D eigenvalue weighted by Gasteiger charge is 2.22. The summed E-state index contributed by atoms with van der Waals surface area (Å²) in [4.78, 5) is 11.8. The lowest BCUT2D eigenvalue weighted by molar-refractivity contribution is -0.125. The first-order chi connectivity index (χ1) is 12.8. The molecule has 0 spiro atoms. The first-order valence-corrected chi connectivity index (χ1v) is 9.06. The summed E-state index contributed by atoms with van der Waals surface area (Å²) in [6, 6.07) is 8.70. The number of benzene rings is 2. The van der Waals surface area contributed by atoms with Gasteiger partial charge in [-0.1, -0.05) is 35.3 Å². The number of rotatable bonds is 8. The van der Waals surface area contributed by atoms with Crippen molar-refractivity contribution in [1.29, 1.82) is 0 Å². The highest BCUT2D eigenvalue weighted by atomic mass is 35.5. The molecular weight excluding hydrogens is 394 g/mol. The van der Waals surface area contributed by atoms with E-state index in [1.54, 1.807) is 24.3 Å². The SMILES string of the molecule is CNC(=O)C(NCc1ccc(OCc2c(F)cccc2Cl)cc1Cl)C(C)O. The molecule has 5 nitrogen and oxygen atoms in total. The Hall–Kier alpha value is -1.86. The van der Waals surface area contributed by atoms with Crippen LogP contribution in [0.5, 0.6) is 5.75 Å². The van der Waals surface area contributed by atoms with Crippen LogP contribution in [0.3, 0.4) is 0 Å². The second kappa shape index (κ2) is 9.90. The van der Waals surface area contributed by atoms with Crippen LogP contribution in [0.15, 0.2) is 36.4 Å². The van der Waals surface area contributed by atoms with Gasteiger partial charge in [0.15, 0.2) is 0 Å². The predicted molar refractivity (Wildman–Crippen MR) is 104 cm³/mol. The molecule has 2 aromatic rings. The van der Waals surface area contributed by atoms with Crippen molar-refractivity contribution in [3.05, 3.63) is 63.4 Å². The van der Waals surface area contributed by atoms with Crippen LogP contribution in [-0.2, 0) is 17.9 Å². The molecule has 0 aromatic heterocycles. The number of carbonyl (C=O) groups is 1. The third-order valence-electron chi connectivity index (χ3n) is 3.99. The van der Waals surface area contributed by atoms with E-state index in [4.69, 9.17) is 27.9 Å². The molecule has 27 heavy (non-hydrogen) atoms. The lowest BCUT2D eigenvalue weighted by Gasteiger charge is -2.20. The smallest absolute Gasteiger partial charge is 0.239 e. The van der Waals surface area contributed by atoms with Gasteiger partial charge in [0, 0.05) is 24.2 Å². The lowest BCUT2D eigenvalue weighted by atomic mass is 10.1. The summed E-state index contributed by atoms with van der Waals surface area (Å²) in [5, 5.41) is 15.9. The van der Waals surface area contributed by atoms with Crippen molar-refractivity contribution in [2.75, 3.05) is 7.05 Å². The minimum Gasteiger partial charge on any atom is -0.489 e. The monoisotopic (exact) mass is 414 g/mol. The minimum atomic E-state index is -0.864. The Morgan fingerprint density at radius 1 is 1.26 bits per heavy atom. The zero-order chi connectivity index (χ0) is 20.0. The van der Waals surface area contributed by atoms with Crippen LogP contribution in [0.4, 0.5) is 4.39 Å². The summed E-state index contributed by atoms with van der Waals surface area (Å²) >= 11 is 12.2. The van der Waals surface area contributed by atoms with Gasteiger partial charge in [0.1, 0.15) is 24.2 Å². The Morgan fingerprint density at radius 3 is 2.59 bits per heavy atom. The quantitative estimate of drug-likeness (QED) is 0.619. The number of likely N-dealkylation sites (N-methyl/N-ethyl adjacent to an activating group) is 1. The van der Waals surface area contributed by atoms with Crippen LogP contribution >= 0.6 is 23.2 Å². The molecule has 2 atom stereocenters. The molecule has 0 saturated carbocycles. The van der Waals surface area contributed by atoms with Crippen molar-refractivity contribution in [3.8, 4) is 5.75 Å². The van der Waals surface area contributed by atoms with E-state index in [-0.39, 0.29) is 24.6 Å². The molecule has 0 fully saturated rings. The van der Waals surface area contributed by atoms with E-state index in [9.17, 15) is 14.3 Å². The van der Waals surface area contributed by atoms with Gasteiger partial charge in [0.05, 0.1) is 11.1 Å². The average molecular weight is 415 g/mol. The Balaban J connectivity index is 2.02. The van der Waals surface area contributed by atoms with Gasteiger partial charge in [-0.05, 0) is 36.8 Å². The number of nitrogens with one attached hydrogen (secondary N) is 2. The molecule has 0 aliphatic heterocycles. The maximum atomic E-state index is 13.8. The van der Waals surface area contributed by atoms with Crippen molar-refractivity contribution in [2.45, 2.75) is 32.2 Å². The Morgan fingerprint density at radius 2 is 2.00 bits per heavy atom. The average Bonchev–Trinajstić information content (AvgIpc) is 2.62. The lowest BCUT2D eigenvalue weighted by Crippen LogP contribution is -2.49. The molecule has 0 aliphatic carbocycles. The Kier molecular flexibility index (Phi) is 7.86. The fourth-order valence-corrected chi connectivity index (χ4v) is 2.90. The van der Waals surface area contributed by atoms with E-state index in [0.717, 1.165) is 5.56 Å². The van der Waals surface area contributed by atoms with Gasteiger partial charge < -0.3 is 15.2 Å². The zero-order valence-corrected chi connectivity index (χ0v) is 16.4. The molecule has 0 bridgehead atoms. The maximum absolute atomic E-state index is 13.8. The van der Waals surface area contributed by atoms with E-state index in [0.29, 0.717) is 15.8 Å². The number of carbonyl (C=O) groups excluding carboxylic acids is 1. The van der Waals surface area contributed by atoms with Crippen LogP contribution in [0.25, 0.3) is 0 Å². The van der Waals surface area contributed by atoms with Gasteiger partial charge in [-0.15, -0.1) is 0 Å². The highest BCUT2D eigenvalue weighted by Crippen LogP contribution is 2.25. The largest absolute Gasteiger partial charge is 0.489 e. The fourth-order valence-electron chi connectivity index (χ4n) is 2.44. The molecule has 146 valence electrons. The van der Waals surface area contributed by atoms with Gasteiger partial charge in [0.25, 0.3) is 0 Å². The summed E-state index contributed by atoms with van der Waals surface area (Å²) in [7, 11) is 1.50. The van der Waals surface area contributed by atoms with Crippen LogP contribution in [0.2, 0.25) is 10.0 Å². The number of aliphatic hydroxyl groups excluding tert-OH is 1. The van der Waals surface area contributed by atoms with E-state index in [1.807, 2.05) is 0 Å². The number of hydrogen-bond donors (Lipinski definition) is 3. The number of amides is 1. The van der Waals surface area contributed by atoms with E-state index in [1.165, 1.54) is 26.1 Å². The normalized spacial score (nSPS) is 13.1. The second-order valence-electron chi connectivity index (χ2n) is 5.96. The summed E-state index contributed by atoms with van der Waals surface area (Å²) in [5.41, 5.74) is 0.994. The number of ether oxygens (including phenoxy) is 1. The Labute approximate surface area is 167 Å². The van der Waals surface area contributed by atoms with E-state index >= 15 is 0 Å². The topological polar surface area (TPSA) is 70.6 Å². The second-order valence-corrected chi connectivity index (χ2v) is 6.77. The predicted octanol–water partition coefficient (Wildman–Crippen LogP) is 3.30. The molecule has 8 heteroatoms. The first-order valence-electron chi connectivity index (χ1n) is 8.30. The van der Waals surface area contributed by atoms with Gasteiger partial charge in [-0.2, -0.15) is 0 Å². The molecule has 1 amide bonds. The van der Waals surface area contributed by atoms with E-state index in [2.05, 4.69) is 10.6 Å². The van der Waals surface area contributed by atoms with Crippen LogP contribution in [0.1, 0.15) is 18.1 Å². The van der Waals surface area contributed by atoms with Crippen LogP contribution in [-0.4, -0.2) is 30.2 Å². The van der Waals surface area contributed by atoms with Crippen LogP contribution in [0, 0.1) is 5.82 Å². The number of hydrogen-bond acceptors (Lipinski definition) is 4. The molecule has 0 saturated heterocycles. The van der Waals surface area contributed by atoms with Crippen molar-refractivity contribution < 1.29 is 19.0 Å². The minimum absolute atomic E-state index is 0.0276.